The van der Waals surface area contributed by atoms with Crippen LogP contribution < -0.4 is 0 Å². The molecule has 1 aliphatic rings. The maximum Gasteiger partial charge on any atom is 0.305 e. The lowest BCUT2D eigenvalue weighted by molar-refractivity contribution is -0.143. The normalized spacial score (nSPS) is 17.6. The number of carbonyl (C=O) groups is 2. The molecular weight excluding hydrogens is 228 g/mol. The number of ether oxygens (including phenoxy) is 1. The van der Waals surface area contributed by atoms with E-state index in [0.29, 0.717) is 13.0 Å². The van der Waals surface area contributed by atoms with Crippen molar-refractivity contribution in [3.8, 4) is 0 Å². The lowest BCUT2D eigenvalue weighted by Gasteiger charge is -2.07. The smallest absolute Gasteiger partial charge is 0.305 e. The first-order valence-electron chi connectivity index (χ1n) is 6.50. The van der Waals surface area contributed by atoms with Gasteiger partial charge in [-0.25, -0.2) is 0 Å². The molecule has 0 heterocycles. The highest BCUT2D eigenvalue weighted by Crippen LogP contribution is 2.29. The first-order chi connectivity index (χ1) is 8.72. The van der Waals surface area contributed by atoms with Gasteiger partial charge in [-0.1, -0.05) is 24.3 Å². The first-order valence-corrected chi connectivity index (χ1v) is 6.50. The van der Waals surface area contributed by atoms with Gasteiger partial charge in [0, 0.05) is 17.9 Å². The van der Waals surface area contributed by atoms with Crippen LogP contribution in [0.15, 0.2) is 24.3 Å². The molecule has 0 spiro atoms. The molecule has 1 aromatic carbocycles. The van der Waals surface area contributed by atoms with Crippen molar-refractivity contribution in [2.24, 2.45) is 5.92 Å². The highest BCUT2D eigenvalue weighted by atomic mass is 16.5. The molecule has 18 heavy (non-hydrogen) atoms. The molecule has 1 aliphatic carbocycles. The van der Waals surface area contributed by atoms with Crippen molar-refractivity contribution in [2.75, 3.05) is 6.61 Å². The Morgan fingerprint density at radius 2 is 2.17 bits per heavy atom. The SMILES string of the molecule is CCOC(=O)CCCC1Cc2ccccc2C1=O. The Morgan fingerprint density at radius 1 is 1.39 bits per heavy atom. The van der Waals surface area contributed by atoms with Crippen LogP contribution in [0, 0.1) is 5.92 Å². The van der Waals surface area contributed by atoms with E-state index >= 15 is 0 Å². The van der Waals surface area contributed by atoms with Crippen molar-refractivity contribution in [2.45, 2.75) is 32.6 Å². The third-order valence-electron chi connectivity index (χ3n) is 3.36. The van der Waals surface area contributed by atoms with Gasteiger partial charge < -0.3 is 4.74 Å². The van der Waals surface area contributed by atoms with Crippen LogP contribution >= 0.6 is 0 Å². The molecule has 0 bridgehead atoms. The molecule has 1 atom stereocenters. The quantitative estimate of drug-likeness (QED) is 0.750. The Balaban J connectivity index is 1.83. The molecular formula is C15H18O3. The minimum Gasteiger partial charge on any atom is -0.466 e. The largest absolute Gasteiger partial charge is 0.466 e. The molecule has 0 saturated heterocycles. The fourth-order valence-corrected chi connectivity index (χ4v) is 2.48. The van der Waals surface area contributed by atoms with Crippen molar-refractivity contribution in [3.63, 3.8) is 0 Å². The molecule has 0 aromatic heterocycles. The van der Waals surface area contributed by atoms with Gasteiger partial charge in [0.05, 0.1) is 6.61 Å². The van der Waals surface area contributed by atoms with Crippen molar-refractivity contribution < 1.29 is 14.3 Å². The molecule has 0 amide bonds. The van der Waals surface area contributed by atoms with Gasteiger partial charge in [-0.05, 0) is 31.7 Å². The summed E-state index contributed by atoms with van der Waals surface area (Å²) in [4.78, 5) is 23.3. The molecule has 0 fully saturated rings. The Labute approximate surface area is 107 Å². The number of esters is 1. The summed E-state index contributed by atoms with van der Waals surface area (Å²) in [7, 11) is 0. The number of rotatable bonds is 5. The van der Waals surface area contributed by atoms with Crippen LogP contribution in [-0.4, -0.2) is 18.4 Å². The van der Waals surface area contributed by atoms with E-state index in [0.717, 1.165) is 30.4 Å². The summed E-state index contributed by atoms with van der Waals surface area (Å²) >= 11 is 0. The molecule has 1 unspecified atom stereocenters. The molecule has 96 valence electrons. The van der Waals surface area contributed by atoms with Crippen LogP contribution in [0.1, 0.15) is 42.1 Å². The van der Waals surface area contributed by atoms with Crippen LogP contribution in [0.25, 0.3) is 0 Å². The number of benzene rings is 1. The minimum atomic E-state index is -0.166. The summed E-state index contributed by atoms with van der Waals surface area (Å²) < 4.78 is 4.87. The van der Waals surface area contributed by atoms with Crippen molar-refractivity contribution in [1.29, 1.82) is 0 Å². The molecule has 0 aliphatic heterocycles. The standard InChI is InChI=1S/C15H18O3/c1-2-18-14(16)9-5-7-12-10-11-6-3-4-8-13(11)15(12)17/h3-4,6,8,12H,2,5,7,9-10H2,1H3. The molecule has 3 nitrogen and oxygen atoms in total. The van der Waals surface area contributed by atoms with E-state index in [1.54, 1.807) is 6.92 Å². The van der Waals surface area contributed by atoms with E-state index in [4.69, 9.17) is 4.74 Å². The van der Waals surface area contributed by atoms with Gasteiger partial charge in [0.25, 0.3) is 0 Å². The monoisotopic (exact) mass is 246 g/mol. The molecule has 0 N–H and O–H groups in total. The molecule has 0 saturated carbocycles. The van der Waals surface area contributed by atoms with E-state index in [2.05, 4.69) is 0 Å². The Bertz CT molecular complexity index is 451. The lowest BCUT2D eigenvalue weighted by Crippen LogP contribution is -2.10. The number of hydrogen-bond acceptors (Lipinski definition) is 3. The summed E-state index contributed by atoms with van der Waals surface area (Å²) in [6.45, 7) is 2.22. The lowest BCUT2D eigenvalue weighted by atomic mass is 9.98. The van der Waals surface area contributed by atoms with E-state index in [9.17, 15) is 9.59 Å². The summed E-state index contributed by atoms with van der Waals surface area (Å²) in [6, 6.07) is 7.77. The molecule has 0 radical (unpaired) electrons. The second kappa shape index (κ2) is 5.80. The summed E-state index contributed by atoms with van der Waals surface area (Å²) in [5.74, 6) is 0.117. The number of hydrogen-bond donors (Lipinski definition) is 0. The zero-order chi connectivity index (χ0) is 13.0. The van der Waals surface area contributed by atoms with Gasteiger partial charge in [-0.2, -0.15) is 0 Å². The topological polar surface area (TPSA) is 43.4 Å². The van der Waals surface area contributed by atoms with Gasteiger partial charge in [-0.15, -0.1) is 0 Å². The minimum absolute atomic E-state index is 0.0526. The van der Waals surface area contributed by atoms with Crippen LogP contribution in [-0.2, 0) is 16.0 Å². The Kier molecular flexibility index (Phi) is 4.13. The molecule has 1 aromatic rings. The maximum atomic E-state index is 12.1. The van der Waals surface area contributed by atoms with E-state index in [-0.39, 0.29) is 17.7 Å². The predicted octanol–water partition coefficient (Wildman–Crippen LogP) is 2.78. The summed E-state index contributed by atoms with van der Waals surface area (Å²) in [6.07, 6.45) is 2.72. The molecule has 2 rings (SSSR count). The summed E-state index contributed by atoms with van der Waals surface area (Å²) in [5.41, 5.74) is 2.00. The third kappa shape index (κ3) is 2.78. The number of fused-ring (bicyclic) bond motifs is 1. The zero-order valence-corrected chi connectivity index (χ0v) is 10.6. The highest BCUT2D eigenvalue weighted by molar-refractivity contribution is 6.02. The average Bonchev–Trinajstić information content (AvgIpc) is 2.68. The predicted molar refractivity (Wildman–Crippen MR) is 68.5 cm³/mol. The van der Waals surface area contributed by atoms with E-state index in [1.165, 1.54) is 0 Å². The molecule has 3 heteroatoms. The zero-order valence-electron chi connectivity index (χ0n) is 10.6. The van der Waals surface area contributed by atoms with Crippen molar-refractivity contribution in [3.05, 3.63) is 35.4 Å². The van der Waals surface area contributed by atoms with Gasteiger partial charge in [-0.3, -0.25) is 9.59 Å². The fraction of sp³-hybridized carbons (Fsp3) is 0.467. The Morgan fingerprint density at radius 3 is 2.89 bits per heavy atom. The Hall–Kier alpha value is -1.64. The second-order valence-corrected chi connectivity index (χ2v) is 4.62. The maximum absolute atomic E-state index is 12.1. The summed E-state index contributed by atoms with van der Waals surface area (Å²) in [5, 5.41) is 0. The van der Waals surface area contributed by atoms with E-state index in [1.807, 2.05) is 24.3 Å². The van der Waals surface area contributed by atoms with Crippen LogP contribution in [0.3, 0.4) is 0 Å². The van der Waals surface area contributed by atoms with Crippen molar-refractivity contribution >= 4 is 11.8 Å². The van der Waals surface area contributed by atoms with Crippen LogP contribution in [0.2, 0.25) is 0 Å². The highest BCUT2D eigenvalue weighted by Gasteiger charge is 2.29. The third-order valence-corrected chi connectivity index (χ3v) is 3.36. The average molecular weight is 246 g/mol. The van der Waals surface area contributed by atoms with Gasteiger partial charge in [0.2, 0.25) is 0 Å². The fourth-order valence-electron chi connectivity index (χ4n) is 2.48. The first kappa shape index (κ1) is 12.8. The van der Waals surface area contributed by atoms with Gasteiger partial charge >= 0.3 is 5.97 Å². The second-order valence-electron chi connectivity index (χ2n) is 4.62. The van der Waals surface area contributed by atoms with Crippen LogP contribution in [0.4, 0.5) is 0 Å². The van der Waals surface area contributed by atoms with Crippen LogP contribution in [0.5, 0.6) is 0 Å². The number of Topliss-reactive ketones (excluding diaryl/α,β-unsaturated/α-hetero) is 1. The van der Waals surface area contributed by atoms with Crippen molar-refractivity contribution in [1.82, 2.24) is 0 Å². The van der Waals surface area contributed by atoms with Gasteiger partial charge in [0.1, 0.15) is 0 Å². The van der Waals surface area contributed by atoms with E-state index < -0.39 is 0 Å². The number of carbonyl (C=O) groups excluding carboxylic acids is 2. The van der Waals surface area contributed by atoms with Gasteiger partial charge in [0.15, 0.2) is 5.78 Å². The number of ketones is 1.